The van der Waals surface area contributed by atoms with E-state index in [0.29, 0.717) is 12.8 Å². The van der Waals surface area contributed by atoms with Crippen molar-refractivity contribution in [2.45, 2.75) is 71.7 Å². The zero-order valence-electron chi connectivity index (χ0n) is 11.7. The van der Waals surface area contributed by atoms with E-state index in [1.54, 1.807) is 0 Å². The number of amides is 1. The molecule has 3 nitrogen and oxygen atoms in total. The first kappa shape index (κ1) is 14.3. The Morgan fingerprint density at radius 2 is 1.88 bits per heavy atom. The molecular formula is C13H24FNO2. The van der Waals surface area contributed by atoms with Crippen LogP contribution in [-0.2, 0) is 4.74 Å². The molecule has 1 saturated carbocycles. The summed E-state index contributed by atoms with van der Waals surface area (Å²) in [6.07, 6.45) is -0.232. The molecule has 0 aliphatic heterocycles. The van der Waals surface area contributed by atoms with Gasteiger partial charge in [0.15, 0.2) is 0 Å². The Morgan fingerprint density at radius 3 is 2.24 bits per heavy atom. The number of carbonyl (C=O) groups excluding carboxylic acids is 1. The van der Waals surface area contributed by atoms with Gasteiger partial charge in [-0.1, -0.05) is 13.8 Å². The average Bonchev–Trinajstić information content (AvgIpc) is 2.26. The fourth-order valence-electron chi connectivity index (χ4n) is 2.20. The Kier molecular flexibility index (Phi) is 3.48. The summed E-state index contributed by atoms with van der Waals surface area (Å²) in [5.74, 6) is 0. The van der Waals surface area contributed by atoms with E-state index in [-0.39, 0.29) is 0 Å². The second kappa shape index (κ2) is 4.14. The van der Waals surface area contributed by atoms with Crippen molar-refractivity contribution in [3.8, 4) is 0 Å². The van der Waals surface area contributed by atoms with Gasteiger partial charge in [-0.2, -0.15) is 0 Å². The molecule has 0 aromatic carbocycles. The summed E-state index contributed by atoms with van der Waals surface area (Å²) in [5.41, 5.74) is -1.64. The molecule has 0 aromatic heterocycles. The van der Waals surface area contributed by atoms with Gasteiger partial charge in [0.25, 0.3) is 0 Å². The van der Waals surface area contributed by atoms with Crippen LogP contribution >= 0.6 is 0 Å². The van der Waals surface area contributed by atoms with Crippen molar-refractivity contribution in [1.82, 2.24) is 5.32 Å². The molecule has 0 aromatic rings. The first-order valence-corrected chi connectivity index (χ1v) is 6.13. The van der Waals surface area contributed by atoms with Crippen molar-refractivity contribution < 1.29 is 13.9 Å². The van der Waals surface area contributed by atoms with E-state index in [4.69, 9.17) is 4.74 Å². The summed E-state index contributed by atoms with van der Waals surface area (Å²) in [5, 5.41) is 2.83. The molecule has 0 bridgehead atoms. The molecule has 2 atom stereocenters. The largest absolute Gasteiger partial charge is 0.444 e. The minimum absolute atomic E-state index is 0.470. The molecule has 0 spiro atoms. The van der Waals surface area contributed by atoms with Crippen molar-refractivity contribution in [2.24, 2.45) is 5.41 Å². The van der Waals surface area contributed by atoms with Crippen molar-refractivity contribution in [3.63, 3.8) is 0 Å². The van der Waals surface area contributed by atoms with E-state index in [2.05, 4.69) is 5.32 Å². The number of hydrogen-bond acceptors (Lipinski definition) is 2. The van der Waals surface area contributed by atoms with Crippen LogP contribution in [-0.4, -0.2) is 23.4 Å². The second-order valence-corrected chi connectivity index (χ2v) is 6.69. The maximum atomic E-state index is 13.8. The molecule has 1 N–H and O–H groups in total. The van der Waals surface area contributed by atoms with Gasteiger partial charge in [-0.25, -0.2) is 9.18 Å². The maximum absolute atomic E-state index is 13.8. The highest BCUT2D eigenvalue weighted by Gasteiger charge is 2.53. The van der Waals surface area contributed by atoms with E-state index in [1.165, 1.54) is 0 Å². The van der Waals surface area contributed by atoms with E-state index < -0.39 is 28.8 Å². The number of nitrogens with one attached hydrogen (secondary N) is 1. The smallest absolute Gasteiger partial charge is 0.408 e. The minimum Gasteiger partial charge on any atom is -0.444 e. The Balaban J connectivity index is 2.71. The summed E-state index contributed by atoms with van der Waals surface area (Å²) in [7, 11) is 0. The summed E-state index contributed by atoms with van der Waals surface area (Å²) < 4.78 is 19.0. The van der Waals surface area contributed by atoms with Crippen molar-refractivity contribution in [2.75, 3.05) is 0 Å². The monoisotopic (exact) mass is 245 g/mol. The minimum atomic E-state index is -0.887. The van der Waals surface area contributed by atoms with Crippen molar-refractivity contribution in [3.05, 3.63) is 0 Å². The molecule has 0 saturated heterocycles. The van der Waals surface area contributed by atoms with Gasteiger partial charge in [-0.05, 0) is 40.5 Å². The van der Waals surface area contributed by atoms with E-state index in [0.717, 1.165) is 0 Å². The zero-order chi connectivity index (χ0) is 13.5. The summed E-state index contributed by atoms with van der Waals surface area (Å²) in [6, 6.07) is 0. The van der Waals surface area contributed by atoms with Gasteiger partial charge >= 0.3 is 6.09 Å². The molecular weight excluding hydrogens is 221 g/mol. The van der Waals surface area contributed by atoms with Crippen molar-refractivity contribution in [1.29, 1.82) is 0 Å². The topological polar surface area (TPSA) is 38.3 Å². The highest BCUT2D eigenvalue weighted by molar-refractivity contribution is 5.69. The fraction of sp³-hybridized carbons (Fsp3) is 0.923. The molecule has 1 rings (SSSR count). The standard InChI is InChI=1S/C13H24FNO2/c1-11(2,3)17-10(16)15-13(6)8-7-9(14)12(13,4)5/h9H,7-8H2,1-6H3,(H,15,16)/t9-,13+/m1/s1. The van der Waals surface area contributed by atoms with Crippen LogP contribution in [0.25, 0.3) is 0 Å². The summed E-state index contributed by atoms with van der Waals surface area (Å²) in [4.78, 5) is 11.8. The Labute approximate surface area is 103 Å². The lowest BCUT2D eigenvalue weighted by Crippen LogP contribution is -2.55. The molecule has 100 valence electrons. The van der Waals surface area contributed by atoms with Crippen LogP contribution in [0.3, 0.4) is 0 Å². The molecule has 0 radical (unpaired) electrons. The Morgan fingerprint density at radius 1 is 1.35 bits per heavy atom. The fourth-order valence-corrected chi connectivity index (χ4v) is 2.20. The first-order valence-electron chi connectivity index (χ1n) is 6.13. The van der Waals surface area contributed by atoms with E-state index in [9.17, 15) is 9.18 Å². The van der Waals surface area contributed by atoms with Crippen LogP contribution in [0.15, 0.2) is 0 Å². The molecule has 0 unspecified atom stereocenters. The highest BCUT2D eigenvalue weighted by atomic mass is 19.1. The van der Waals surface area contributed by atoms with Crippen molar-refractivity contribution >= 4 is 6.09 Å². The third-order valence-electron chi connectivity index (χ3n) is 3.88. The van der Waals surface area contributed by atoms with Crippen LogP contribution < -0.4 is 5.32 Å². The lowest BCUT2D eigenvalue weighted by Gasteiger charge is -2.40. The van der Waals surface area contributed by atoms with Crippen LogP contribution in [0.5, 0.6) is 0 Å². The number of rotatable bonds is 1. The number of carbonyl (C=O) groups is 1. The zero-order valence-corrected chi connectivity index (χ0v) is 11.7. The van der Waals surface area contributed by atoms with Gasteiger partial charge in [0, 0.05) is 11.0 Å². The molecule has 1 aliphatic carbocycles. The predicted octanol–water partition coefficient (Wildman–Crippen LogP) is 3.43. The van der Waals surface area contributed by atoms with Gasteiger partial charge in [-0.15, -0.1) is 0 Å². The molecule has 17 heavy (non-hydrogen) atoms. The number of ether oxygens (including phenoxy) is 1. The third kappa shape index (κ3) is 2.90. The van der Waals surface area contributed by atoms with Crippen LogP contribution in [0, 0.1) is 5.41 Å². The Hall–Kier alpha value is -0.800. The Bertz CT molecular complexity index is 309. The predicted molar refractivity (Wildman–Crippen MR) is 65.7 cm³/mol. The normalized spacial score (nSPS) is 32.3. The average molecular weight is 245 g/mol. The molecule has 1 aliphatic rings. The van der Waals surface area contributed by atoms with E-state index >= 15 is 0 Å². The second-order valence-electron chi connectivity index (χ2n) is 6.69. The first-order chi connectivity index (χ1) is 7.48. The molecule has 1 amide bonds. The molecule has 1 fully saturated rings. The summed E-state index contributed by atoms with van der Waals surface area (Å²) in [6.45, 7) is 11.0. The van der Waals surface area contributed by atoms with Gasteiger partial charge in [0.05, 0.1) is 0 Å². The van der Waals surface area contributed by atoms with Crippen LogP contribution in [0.4, 0.5) is 9.18 Å². The molecule has 4 heteroatoms. The van der Waals surface area contributed by atoms with Gasteiger partial charge in [0.2, 0.25) is 0 Å². The van der Waals surface area contributed by atoms with E-state index in [1.807, 2.05) is 41.5 Å². The molecule has 0 heterocycles. The maximum Gasteiger partial charge on any atom is 0.408 e. The lowest BCUT2D eigenvalue weighted by molar-refractivity contribution is 0.0324. The van der Waals surface area contributed by atoms with Gasteiger partial charge < -0.3 is 10.1 Å². The van der Waals surface area contributed by atoms with Crippen LogP contribution in [0.1, 0.15) is 54.4 Å². The highest BCUT2D eigenvalue weighted by Crippen LogP contribution is 2.47. The number of alkyl halides is 1. The van der Waals surface area contributed by atoms with Gasteiger partial charge in [0.1, 0.15) is 11.8 Å². The third-order valence-corrected chi connectivity index (χ3v) is 3.88. The number of hydrogen-bond donors (Lipinski definition) is 1. The number of alkyl carbamates (subject to hydrolysis) is 1. The van der Waals surface area contributed by atoms with Crippen LogP contribution in [0.2, 0.25) is 0 Å². The SMILES string of the molecule is CC(C)(C)OC(=O)N[C@@]1(C)CC[C@@H](F)C1(C)C. The lowest BCUT2D eigenvalue weighted by atomic mass is 9.75. The summed E-state index contributed by atoms with van der Waals surface area (Å²) >= 11 is 0. The quantitative estimate of drug-likeness (QED) is 0.768. The van der Waals surface area contributed by atoms with Gasteiger partial charge in [-0.3, -0.25) is 0 Å². The number of halogens is 1.